The second-order valence-corrected chi connectivity index (χ2v) is 23.4. The number of carboxylic acid groups (broad SMARTS) is 1. The molecule has 0 bridgehead atoms. The number of aldehydes is 1. The second-order valence-electron chi connectivity index (χ2n) is 21.0. The van der Waals surface area contributed by atoms with Crippen molar-refractivity contribution in [2.45, 2.75) is 82.1 Å². The highest BCUT2D eigenvalue weighted by molar-refractivity contribution is 7.54. The molecule has 0 radical (unpaired) electrons. The average molecular weight is 1350 g/mol. The molecule has 0 spiro atoms. The van der Waals surface area contributed by atoms with E-state index in [1.54, 1.807) is 194 Å². The van der Waals surface area contributed by atoms with Crippen molar-refractivity contribution in [3.8, 4) is 0 Å². The van der Waals surface area contributed by atoms with Crippen molar-refractivity contribution in [2.24, 2.45) is 46.1 Å². The molecular weight excluding hydrogens is 1260 g/mol. The largest absolute Gasteiger partial charge is 0.478 e. The normalized spacial score (nSPS) is 12.4. The first-order valence-corrected chi connectivity index (χ1v) is 31.2. The molecule has 2 N–H and O–H groups in total. The van der Waals surface area contributed by atoms with Gasteiger partial charge >= 0.3 is 37.4 Å². The number of carbonyl (C=O) groups is 10. The molecule has 0 fully saturated rings. The monoisotopic (exact) mass is 1350 g/mol. The Balaban J connectivity index is 0.00000107. The maximum absolute atomic E-state index is 11.8. The number of aromatic nitrogens is 10. The van der Waals surface area contributed by atoms with Crippen LogP contribution in [0.25, 0.3) is 24.3 Å². The Hall–Kier alpha value is -9.57. The van der Waals surface area contributed by atoms with E-state index in [1.807, 2.05) is 25.4 Å². The van der Waals surface area contributed by atoms with E-state index in [4.69, 9.17) is 30.5 Å². The summed E-state index contributed by atoms with van der Waals surface area (Å²) in [5.41, 5.74) is 2.14. The molecule has 7 heterocycles. The van der Waals surface area contributed by atoms with Gasteiger partial charge < -0.3 is 33.7 Å². The number of aliphatic carboxylic acids is 1. The average Bonchev–Trinajstić information content (AvgIpc) is 1.38. The fraction of sp³-hybridized carbons (Fsp3) is 0.413. The molecule has 31 heteroatoms. The van der Waals surface area contributed by atoms with Crippen LogP contribution in [0.4, 0.5) is 0 Å². The summed E-state index contributed by atoms with van der Waals surface area (Å²) >= 11 is 5.11. The van der Waals surface area contributed by atoms with Gasteiger partial charge in [-0.05, 0) is 140 Å². The van der Waals surface area contributed by atoms with E-state index in [0.29, 0.717) is 35.9 Å². The molecule has 514 valence electrons. The maximum Gasteiger partial charge on any atom is 0.341 e. The summed E-state index contributed by atoms with van der Waals surface area (Å²) in [5, 5.41) is 30.6. The fourth-order valence-electron chi connectivity index (χ4n) is 5.98. The first kappa shape index (κ1) is 84.4. The molecular formula is C63H88ClN12O17P. The van der Waals surface area contributed by atoms with Gasteiger partial charge in [-0.2, -0.15) is 25.5 Å². The Morgan fingerprint density at radius 3 is 1.30 bits per heavy atom. The number of carboxylic acids is 1. The standard InChI is InChI=1S/C12H13N3O2.C12H16N2O3.C9H12N2O2.C8H17O5P.C7H8N2O2.C5H9ClO.C5H6N2O.C5H7NO/c1-14-9-7-10(13-14)5-6-12(17)15-8-3-2-4-11(15)16;1-12(2,3)11(16)17-10(15)6-5-9-7-8-14(4)13-9;1-3-13-9(12)5-4-8-6-7-11(2)10-8;1-4-11-8(9)7-14(10,12-5-2)13-6-3;1-9-5-4-6(8-9)2-3-7(10)11;1-5(2,3)4(6)7;1-7-3-2-5(4-8)6-7;7-5-3-1-2-4-6-5/h2,4-7,9H,3,8H2,1H3;5-8H,1-4H3;4-7H,3H2,1-2H3;4-7H2,1-3H3;2-5H,1H3,(H,10,11);1-3H3;2-4H,1H3;1,3H,2,4H2,(H,6,7)/b2*6-5+;5-4+;;3-2+;;;. The van der Waals surface area contributed by atoms with Crippen LogP contribution in [0.3, 0.4) is 0 Å². The molecule has 3 amide bonds. The minimum Gasteiger partial charge on any atom is -0.478 e. The van der Waals surface area contributed by atoms with E-state index in [-0.39, 0.29) is 60.3 Å². The molecule has 94 heavy (non-hydrogen) atoms. The van der Waals surface area contributed by atoms with Crippen LogP contribution in [0.1, 0.15) is 115 Å². The zero-order valence-corrected chi connectivity index (χ0v) is 57.5. The number of carbonyl (C=O) groups excluding carboxylic acids is 9. The van der Waals surface area contributed by atoms with E-state index < -0.39 is 36.9 Å². The highest BCUT2D eigenvalue weighted by atomic mass is 35.5. The molecule has 2 aliphatic rings. The number of nitrogens with zero attached hydrogens (tertiary/aromatic N) is 11. The Bertz CT molecular complexity index is 3430. The van der Waals surface area contributed by atoms with Gasteiger partial charge in [0.15, 0.2) is 6.29 Å². The first-order chi connectivity index (χ1) is 44.1. The van der Waals surface area contributed by atoms with Crippen molar-refractivity contribution in [1.29, 1.82) is 0 Å². The van der Waals surface area contributed by atoms with Crippen LogP contribution >= 0.6 is 19.2 Å². The summed E-state index contributed by atoms with van der Waals surface area (Å²) in [6, 6.07) is 8.75. The van der Waals surface area contributed by atoms with Crippen molar-refractivity contribution in [3.63, 3.8) is 0 Å². The smallest absolute Gasteiger partial charge is 0.341 e. The van der Waals surface area contributed by atoms with Crippen molar-refractivity contribution in [1.82, 2.24) is 59.1 Å². The topological polar surface area (TPSA) is 359 Å². The number of amides is 3. The second kappa shape index (κ2) is 45.7. The van der Waals surface area contributed by atoms with Gasteiger partial charge in [0.25, 0.3) is 11.8 Å². The number of rotatable bonds is 17. The molecule has 0 atom stereocenters. The molecule has 0 aliphatic carbocycles. The van der Waals surface area contributed by atoms with Gasteiger partial charge in [0, 0.05) is 109 Å². The van der Waals surface area contributed by atoms with Gasteiger partial charge in [0.2, 0.25) is 11.1 Å². The number of esters is 4. The lowest BCUT2D eigenvalue weighted by Gasteiger charge is -2.19. The van der Waals surface area contributed by atoms with Crippen LogP contribution in [0.15, 0.2) is 110 Å². The van der Waals surface area contributed by atoms with Crippen molar-refractivity contribution in [2.75, 3.05) is 45.7 Å². The van der Waals surface area contributed by atoms with Gasteiger partial charge in [-0.15, -0.1) is 0 Å². The van der Waals surface area contributed by atoms with E-state index in [0.717, 1.165) is 37.4 Å². The molecule has 0 saturated carbocycles. The number of aryl methyl sites for hydroxylation is 5. The lowest BCUT2D eigenvalue weighted by Crippen LogP contribution is -2.37. The van der Waals surface area contributed by atoms with Gasteiger partial charge in [0.1, 0.15) is 11.9 Å². The van der Waals surface area contributed by atoms with Crippen molar-refractivity contribution < 1.29 is 80.9 Å². The molecule has 0 unspecified atom stereocenters. The molecule has 29 nitrogen and oxygen atoms in total. The van der Waals surface area contributed by atoms with Crippen LogP contribution in [0.2, 0.25) is 0 Å². The van der Waals surface area contributed by atoms with E-state index in [2.05, 4.69) is 40.3 Å². The quantitative estimate of drug-likeness (QED) is 0.0171. The lowest BCUT2D eigenvalue weighted by molar-refractivity contribution is -0.162. The zero-order chi connectivity index (χ0) is 71.5. The zero-order valence-electron chi connectivity index (χ0n) is 55.9. The van der Waals surface area contributed by atoms with Gasteiger partial charge in [0.05, 0.1) is 54.6 Å². The van der Waals surface area contributed by atoms with Crippen LogP contribution < -0.4 is 5.32 Å². The van der Waals surface area contributed by atoms with Crippen LogP contribution in [0, 0.1) is 10.8 Å². The van der Waals surface area contributed by atoms with Crippen molar-refractivity contribution in [3.05, 3.63) is 138 Å². The summed E-state index contributed by atoms with van der Waals surface area (Å²) in [4.78, 5) is 110. The van der Waals surface area contributed by atoms with E-state index in [9.17, 15) is 52.5 Å². The molecule has 7 rings (SSSR count). The van der Waals surface area contributed by atoms with Crippen LogP contribution in [0.5, 0.6) is 0 Å². The summed E-state index contributed by atoms with van der Waals surface area (Å²) < 4.78 is 43.7. The summed E-state index contributed by atoms with van der Waals surface area (Å²) in [6.07, 6.45) is 28.7. The molecule has 0 saturated heterocycles. The first-order valence-electron chi connectivity index (χ1n) is 29.1. The lowest BCUT2D eigenvalue weighted by atomic mass is 9.97. The number of hydrogen-bond donors (Lipinski definition) is 2. The number of nitrogens with one attached hydrogen (secondary N) is 1. The Morgan fingerprint density at radius 1 is 0.585 bits per heavy atom. The highest BCUT2D eigenvalue weighted by Gasteiger charge is 2.28. The molecule has 0 aromatic carbocycles. The summed E-state index contributed by atoms with van der Waals surface area (Å²) in [7, 11) is 5.67. The Labute approximate surface area is 552 Å². The number of imide groups is 1. The predicted octanol–water partition coefficient (Wildman–Crippen LogP) is 7.72. The van der Waals surface area contributed by atoms with Gasteiger partial charge in [-0.1, -0.05) is 32.9 Å². The van der Waals surface area contributed by atoms with Crippen molar-refractivity contribution >= 4 is 103 Å². The number of halogens is 1. The minimum atomic E-state index is -3.28. The molecule has 5 aromatic heterocycles. The summed E-state index contributed by atoms with van der Waals surface area (Å²) in [5.74, 6) is -3.62. The van der Waals surface area contributed by atoms with E-state index >= 15 is 0 Å². The maximum atomic E-state index is 11.8. The predicted molar refractivity (Wildman–Crippen MR) is 352 cm³/mol. The minimum absolute atomic E-state index is 0.0336. The van der Waals surface area contributed by atoms with Gasteiger partial charge in [-0.3, -0.25) is 66.4 Å². The van der Waals surface area contributed by atoms with Gasteiger partial charge in [-0.25, -0.2) is 14.4 Å². The van der Waals surface area contributed by atoms with E-state index in [1.165, 1.54) is 41.4 Å². The number of ether oxygens (including phenoxy) is 3. The molecule has 5 aromatic rings. The fourth-order valence-corrected chi connectivity index (χ4v) is 7.44. The third kappa shape index (κ3) is 41.0. The number of hydrogen-bond acceptors (Lipinski definition) is 21. The third-order valence-electron chi connectivity index (χ3n) is 10.5. The highest BCUT2D eigenvalue weighted by Crippen LogP contribution is 2.47. The third-order valence-corrected chi connectivity index (χ3v) is 13.0. The Kier molecular flexibility index (Phi) is 41.0. The van der Waals surface area contributed by atoms with Crippen LogP contribution in [-0.4, -0.2) is 164 Å². The van der Waals surface area contributed by atoms with Crippen LogP contribution in [-0.2, 0) is 106 Å². The summed E-state index contributed by atoms with van der Waals surface area (Å²) in [6.45, 7) is 19.6. The molecule has 2 aliphatic heterocycles. The Morgan fingerprint density at radius 2 is 0.989 bits per heavy atom. The SMILES string of the molecule is CC(C)(C)C(=O)Cl.CCOC(=O)/C=C/c1ccn(C)n1.CCOC(=O)CP(=O)(OCC)OCC.Cn1ccc(/C=C/C(=O)N2CCC=CC2=O)n1.Cn1ccc(/C=C/C(=O)O)n1.Cn1ccc(/C=C/C(=O)OC(=O)C(C)(C)C)n1.Cn1ccc(C=O)n1.O=C1C=CCCN1.